The summed E-state index contributed by atoms with van der Waals surface area (Å²) in [5, 5.41) is 30.2. The maximum Gasteiger partial charge on any atom is 0.232 e. The molecule has 7 rings (SSSR count). The number of anilines is 1. The van der Waals surface area contributed by atoms with Gasteiger partial charge in [-0.3, -0.25) is 28.8 Å². The Morgan fingerprint density at radius 3 is 2.46 bits per heavy atom. The molecule has 0 aromatic heterocycles. The van der Waals surface area contributed by atoms with Crippen molar-refractivity contribution in [2.24, 2.45) is 28.6 Å². The van der Waals surface area contributed by atoms with Crippen molar-refractivity contribution in [2.75, 3.05) is 24.7 Å². The van der Waals surface area contributed by atoms with E-state index < -0.39 is 76.8 Å². The lowest BCUT2D eigenvalue weighted by Gasteiger charge is -2.62. The monoisotopic (exact) mass is 933 g/mol. The maximum atomic E-state index is 17.7. The first-order valence-corrected chi connectivity index (χ1v) is 24.6. The van der Waals surface area contributed by atoms with Gasteiger partial charge in [0.1, 0.15) is 6.61 Å². The van der Waals surface area contributed by atoms with Crippen molar-refractivity contribution in [3.8, 4) is 0 Å². The lowest BCUT2D eigenvalue weighted by Crippen LogP contribution is -2.69. The summed E-state index contributed by atoms with van der Waals surface area (Å²) in [6.45, 7) is 7.98. The molecule has 2 aromatic rings. The fourth-order valence-corrected chi connectivity index (χ4v) is 12.3. The van der Waals surface area contributed by atoms with E-state index in [0.29, 0.717) is 41.8 Å². The number of carbonyl (C=O) groups excluding carboxylic acids is 6. The summed E-state index contributed by atoms with van der Waals surface area (Å²) in [7, 11) is 0. The van der Waals surface area contributed by atoms with E-state index in [4.69, 9.17) is 9.47 Å². The number of alkyl halides is 1. The van der Waals surface area contributed by atoms with E-state index in [9.17, 15) is 39.0 Å². The molecule has 350 valence electrons. The molecule has 5 aliphatic rings. The van der Waals surface area contributed by atoms with Crippen molar-refractivity contribution < 1.29 is 52.8 Å². The molecule has 5 N–H and O–H groups in total. The van der Waals surface area contributed by atoms with Crippen LogP contribution in [-0.4, -0.2) is 99.5 Å². The number of thioether (sulfide) groups is 2. The normalized spacial score (nSPS) is 32.4. The Morgan fingerprint density at radius 2 is 1.75 bits per heavy atom. The van der Waals surface area contributed by atoms with Gasteiger partial charge in [-0.15, -0.1) is 11.8 Å². The Balaban J connectivity index is 0.930. The number of fused-ring (bicyclic) bond motifs is 7. The van der Waals surface area contributed by atoms with Gasteiger partial charge in [0.2, 0.25) is 17.7 Å². The van der Waals surface area contributed by atoms with Gasteiger partial charge in [-0.25, -0.2) is 4.39 Å². The third kappa shape index (κ3) is 8.91. The molecule has 1 unspecified atom stereocenters. The van der Waals surface area contributed by atoms with Gasteiger partial charge in [0.25, 0.3) is 0 Å². The number of halogens is 1. The Labute approximate surface area is 387 Å². The molecular formula is C49H60FN3O10S2. The maximum absolute atomic E-state index is 17.7. The first-order chi connectivity index (χ1) is 30.8. The smallest absolute Gasteiger partial charge is 0.232 e. The van der Waals surface area contributed by atoms with Crippen LogP contribution >= 0.6 is 23.5 Å². The molecule has 1 heterocycles. The number of rotatable bonds is 17. The topological polar surface area (TPSA) is 197 Å². The highest BCUT2D eigenvalue weighted by molar-refractivity contribution is 7.99. The van der Waals surface area contributed by atoms with Gasteiger partial charge in [-0.05, 0) is 94.5 Å². The van der Waals surface area contributed by atoms with E-state index in [-0.39, 0.29) is 60.3 Å². The molecule has 12 atom stereocenters. The van der Waals surface area contributed by atoms with Crippen molar-refractivity contribution in [1.29, 1.82) is 0 Å². The summed E-state index contributed by atoms with van der Waals surface area (Å²) in [4.78, 5) is 77.3. The van der Waals surface area contributed by atoms with E-state index in [1.165, 1.54) is 23.9 Å². The number of Topliss-reactive ketones (excluding diaryl/α,β-unsaturated/α-hetero) is 2. The molecular weight excluding hydrogens is 874 g/mol. The summed E-state index contributed by atoms with van der Waals surface area (Å²) >= 11 is 2.96. The van der Waals surface area contributed by atoms with Crippen molar-refractivity contribution in [2.45, 2.75) is 125 Å². The number of benzene rings is 2. The van der Waals surface area contributed by atoms with E-state index >= 15 is 4.39 Å². The number of nitrogens with one attached hydrogen (secondary N) is 3. The second kappa shape index (κ2) is 19.2. The fraction of sp³-hybridized carbons (Fsp3) is 0.551. The Kier molecular flexibility index (Phi) is 14.4. The third-order valence-corrected chi connectivity index (χ3v) is 16.9. The van der Waals surface area contributed by atoms with Gasteiger partial charge in [0, 0.05) is 64.0 Å². The van der Waals surface area contributed by atoms with Crippen molar-refractivity contribution in [1.82, 2.24) is 10.6 Å². The predicted octanol–water partition coefficient (Wildman–Crippen LogP) is 5.97. The van der Waals surface area contributed by atoms with Crippen LogP contribution in [0.3, 0.4) is 0 Å². The summed E-state index contributed by atoms with van der Waals surface area (Å²) in [6, 6.07) is 14.2. The second-order valence-corrected chi connectivity index (χ2v) is 20.9. The first kappa shape index (κ1) is 48.7. The quantitative estimate of drug-likeness (QED) is 0.117. The average Bonchev–Trinajstić information content (AvgIpc) is 3.78. The molecule has 0 spiro atoms. The van der Waals surface area contributed by atoms with Crippen LogP contribution in [0.2, 0.25) is 0 Å². The fourth-order valence-electron chi connectivity index (χ4n) is 11.1. The van der Waals surface area contributed by atoms with Crippen molar-refractivity contribution >= 4 is 64.3 Å². The van der Waals surface area contributed by atoms with Gasteiger partial charge < -0.3 is 35.6 Å². The SMILES string of the molecule is CSC(C)C(=O)NCCC(=O)N[C@@H](C)C(=O)C[C@@H](C)C(=O)Nc1cccc(SCc2ccc([C@@H]3O[C@@H]4C[C@H]5[C@@H]6CCC7=CC(=O)C=C[C@]7(C)[C@@]6(F)[C@@H](O)C[C@]5(C)[C@]4(C(=O)CO)O3)cc2)c1. The number of hydrogen-bond donors (Lipinski definition) is 5. The second-order valence-electron chi connectivity index (χ2n) is 18.7. The van der Waals surface area contributed by atoms with E-state index in [1.54, 1.807) is 51.6 Å². The third-order valence-electron chi connectivity index (χ3n) is 14.9. The minimum atomic E-state index is -2.08. The summed E-state index contributed by atoms with van der Waals surface area (Å²) in [6.07, 6.45) is 4.17. The minimum absolute atomic E-state index is 0.0316. The largest absolute Gasteiger partial charge is 0.390 e. The Bertz CT molecular complexity index is 2270. The molecule has 3 amide bonds. The minimum Gasteiger partial charge on any atom is -0.390 e. The average molecular weight is 934 g/mol. The molecule has 4 fully saturated rings. The van der Waals surface area contributed by atoms with Crippen LogP contribution in [0.25, 0.3) is 0 Å². The Morgan fingerprint density at radius 1 is 1.02 bits per heavy atom. The summed E-state index contributed by atoms with van der Waals surface area (Å²) in [5.74, 6) is -3.02. The van der Waals surface area contributed by atoms with Gasteiger partial charge in [-0.2, -0.15) is 11.8 Å². The van der Waals surface area contributed by atoms with E-state index in [1.807, 2.05) is 55.6 Å². The molecule has 65 heavy (non-hydrogen) atoms. The van der Waals surface area contributed by atoms with Gasteiger partial charge in [0.05, 0.1) is 23.5 Å². The number of aliphatic hydroxyl groups excluding tert-OH is 2. The zero-order valence-corrected chi connectivity index (χ0v) is 39.3. The van der Waals surface area contributed by atoms with Gasteiger partial charge in [-0.1, -0.05) is 55.8 Å². The highest BCUT2D eigenvalue weighted by Gasteiger charge is 2.79. The number of carbonyl (C=O) groups is 6. The molecule has 1 aliphatic heterocycles. The highest BCUT2D eigenvalue weighted by atomic mass is 32.2. The van der Waals surface area contributed by atoms with Gasteiger partial charge >= 0.3 is 0 Å². The zero-order chi connectivity index (χ0) is 47.1. The number of hydrogen-bond acceptors (Lipinski definition) is 12. The van der Waals surface area contributed by atoms with Crippen LogP contribution in [0.5, 0.6) is 0 Å². The number of aliphatic hydroxyl groups is 2. The van der Waals surface area contributed by atoms with Gasteiger partial charge in [0.15, 0.2) is 34.9 Å². The number of ketones is 3. The zero-order valence-electron chi connectivity index (χ0n) is 37.7. The van der Waals surface area contributed by atoms with Crippen molar-refractivity contribution in [3.63, 3.8) is 0 Å². The van der Waals surface area contributed by atoms with Crippen molar-refractivity contribution in [3.05, 3.63) is 83.5 Å². The number of allylic oxidation sites excluding steroid dienone is 4. The first-order valence-electron chi connectivity index (χ1n) is 22.3. The van der Waals surface area contributed by atoms with E-state index in [2.05, 4.69) is 16.0 Å². The molecule has 0 radical (unpaired) electrons. The Hall–Kier alpha value is -4.19. The molecule has 0 bridgehead atoms. The lowest BCUT2D eigenvalue weighted by atomic mass is 9.44. The number of ether oxygens (including phenoxy) is 2. The van der Waals surface area contributed by atoms with Crippen LogP contribution in [-0.2, 0) is 44.0 Å². The summed E-state index contributed by atoms with van der Waals surface area (Å²) in [5.41, 5.74) is -3.03. The van der Waals surface area contributed by atoms with Crippen LogP contribution in [0.4, 0.5) is 10.1 Å². The predicted molar refractivity (Wildman–Crippen MR) is 245 cm³/mol. The molecule has 3 saturated carbocycles. The van der Waals surface area contributed by atoms with E-state index in [0.717, 1.165) is 10.5 Å². The highest BCUT2D eigenvalue weighted by Crippen LogP contribution is 2.72. The van der Waals surface area contributed by atoms with Crippen LogP contribution < -0.4 is 16.0 Å². The molecule has 16 heteroatoms. The van der Waals surface area contributed by atoms with Crippen LogP contribution in [0, 0.1) is 28.6 Å². The van der Waals surface area contributed by atoms with Crippen LogP contribution in [0.1, 0.15) is 90.6 Å². The lowest BCUT2D eigenvalue weighted by molar-refractivity contribution is -0.231. The molecule has 2 aromatic carbocycles. The number of amides is 3. The standard InChI is InChI=1S/C49H60FN3O10S2/c1-27(20-38(56)28(2)52-42(59)17-19-51-44(61)29(3)64-6)43(60)53-33-8-7-9-35(22-33)65-26-30-10-12-31(13-11-30)45-62-41-23-37-36-15-14-32-21-34(55)16-18-46(32,4)48(36,50)39(57)24-47(37,5)49(41,63-45)40(58)25-54/h7-13,16,18,21-22,27-29,36-37,39,41,45,54,57H,14-15,17,19-20,23-26H2,1-6H3,(H,51,61)(H,52,59)(H,53,60)/t27-,28+,29?,36+,37+,39+,41-,45-,46+,47+,48+,49-/m1/s1. The van der Waals surface area contributed by atoms with Crippen LogP contribution in [0.15, 0.2) is 77.2 Å². The molecule has 13 nitrogen and oxygen atoms in total. The summed E-state index contributed by atoms with van der Waals surface area (Å²) < 4.78 is 30.9. The molecule has 4 aliphatic carbocycles. The molecule has 1 saturated heterocycles.